The SMILES string of the molecule is CCCc1cc([C@H]2CCCN2S(=O)(=O)c2ccc(F)c(Cl)c2)no1. The van der Waals surface area contributed by atoms with Crippen LogP contribution in [0.5, 0.6) is 0 Å². The minimum Gasteiger partial charge on any atom is -0.361 e. The van der Waals surface area contributed by atoms with Gasteiger partial charge in [-0.3, -0.25) is 0 Å². The number of rotatable bonds is 5. The Hall–Kier alpha value is -1.44. The van der Waals surface area contributed by atoms with Gasteiger partial charge in [0.1, 0.15) is 17.3 Å². The molecule has 0 aliphatic carbocycles. The van der Waals surface area contributed by atoms with Crippen LogP contribution in [0.3, 0.4) is 0 Å². The first kappa shape index (κ1) is 17.4. The number of aromatic nitrogens is 1. The number of aryl methyl sites for hydroxylation is 1. The predicted octanol–water partition coefficient (Wildman–Crippen LogP) is 3.95. The fourth-order valence-electron chi connectivity index (χ4n) is 2.95. The number of benzene rings is 1. The smallest absolute Gasteiger partial charge is 0.243 e. The van der Waals surface area contributed by atoms with Gasteiger partial charge in [-0.15, -0.1) is 0 Å². The van der Waals surface area contributed by atoms with Crippen LogP contribution in [0.2, 0.25) is 5.02 Å². The summed E-state index contributed by atoms with van der Waals surface area (Å²) in [5.74, 6) is 0.107. The van der Waals surface area contributed by atoms with Gasteiger partial charge in [0.05, 0.1) is 16.0 Å². The molecular weight excluding hydrogens is 355 g/mol. The van der Waals surface area contributed by atoms with Gasteiger partial charge in [0.2, 0.25) is 10.0 Å². The molecule has 3 rings (SSSR count). The van der Waals surface area contributed by atoms with Crippen LogP contribution in [0.1, 0.15) is 43.7 Å². The summed E-state index contributed by atoms with van der Waals surface area (Å²) in [6.07, 6.45) is 3.09. The van der Waals surface area contributed by atoms with Crippen LogP contribution < -0.4 is 0 Å². The Morgan fingerprint density at radius 2 is 2.21 bits per heavy atom. The second kappa shape index (κ2) is 6.82. The highest BCUT2D eigenvalue weighted by atomic mass is 35.5. The van der Waals surface area contributed by atoms with Crippen molar-refractivity contribution in [2.24, 2.45) is 0 Å². The summed E-state index contributed by atoms with van der Waals surface area (Å²) < 4.78 is 45.8. The van der Waals surface area contributed by atoms with E-state index in [4.69, 9.17) is 16.1 Å². The van der Waals surface area contributed by atoms with Crippen LogP contribution in [-0.2, 0) is 16.4 Å². The highest BCUT2D eigenvalue weighted by Crippen LogP contribution is 2.36. The standard InChI is InChI=1S/C16H18ClFN2O3S/c1-2-4-11-9-15(19-23-11)16-5-3-8-20(16)24(21,22)12-6-7-14(18)13(17)10-12/h6-7,9-10,16H,2-5,8H2,1H3/t16-/m1/s1. The molecule has 0 N–H and O–H groups in total. The molecule has 0 saturated carbocycles. The molecule has 1 saturated heterocycles. The van der Waals surface area contributed by atoms with E-state index >= 15 is 0 Å². The number of hydrogen-bond donors (Lipinski definition) is 0. The monoisotopic (exact) mass is 372 g/mol. The average molecular weight is 373 g/mol. The van der Waals surface area contributed by atoms with Crippen molar-refractivity contribution in [1.82, 2.24) is 9.46 Å². The maximum Gasteiger partial charge on any atom is 0.243 e. The van der Waals surface area contributed by atoms with Crippen molar-refractivity contribution < 1.29 is 17.3 Å². The lowest BCUT2D eigenvalue weighted by molar-refractivity contribution is 0.343. The maximum absolute atomic E-state index is 13.3. The van der Waals surface area contributed by atoms with E-state index in [0.717, 1.165) is 37.2 Å². The summed E-state index contributed by atoms with van der Waals surface area (Å²) >= 11 is 5.73. The molecule has 1 atom stereocenters. The topological polar surface area (TPSA) is 63.4 Å². The first-order chi connectivity index (χ1) is 11.4. The molecule has 1 aliphatic rings. The van der Waals surface area contributed by atoms with Gasteiger partial charge in [-0.2, -0.15) is 4.31 Å². The highest BCUT2D eigenvalue weighted by Gasteiger charge is 2.38. The molecule has 2 heterocycles. The third kappa shape index (κ3) is 3.20. The second-order valence-corrected chi connectivity index (χ2v) is 8.12. The number of hydrogen-bond acceptors (Lipinski definition) is 4. The van der Waals surface area contributed by atoms with Crippen molar-refractivity contribution in [3.05, 3.63) is 46.6 Å². The van der Waals surface area contributed by atoms with Crippen molar-refractivity contribution in [3.8, 4) is 0 Å². The van der Waals surface area contributed by atoms with Gasteiger partial charge in [-0.05, 0) is 37.5 Å². The molecule has 0 radical (unpaired) electrons. The molecule has 0 spiro atoms. The lowest BCUT2D eigenvalue weighted by atomic mass is 10.1. The van der Waals surface area contributed by atoms with E-state index in [2.05, 4.69) is 5.16 Å². The summed E-state index contributed by atoms with van der Waals surface area (Å²) in [4.78, 5) is -0.0157. The van der Waals surface area contributed by atoms with Gasteiger partial charge in [0.15, 0.2) is 0 Å². The minimum absolute atomic E-state index is 0.0157. The van der Waals surface area contributed by atoms with Crippen LogP contribution in [0.15, 0.2) is 33.7 Å². The van der Waals surface area contributed by atoms with Crippen molar-refractivity contribution in [3.63, 3.8) is 0 Å². The third-order valence-electron chi connectivity index (χ3n) is 4.12. The van der Waals surface area contributed by atoms with E-state index < -0.39 is 15.8 Å². The number of halogens is 2. The number of sulfonamides is 1. The molecule has 1 fully saturated rings. The van der Waals surface area contributed by atoms with Crippen molar-refractivity contribution >= 4 is 21.6 Å². The molecule has 8 heteroatoms. The second-order valence-electron chi connectivity index (χ2n) is 5.82. The Morgan fingerprint density at radius 3 is 2.92 bits per heavy atom. The lowest BCUT2D eigenvalue weighted by Gasteiger charge is -2.22. The van der Waals surface area contributed by atoms with E-state index in [1.165, 1.54) is 10.4 Å². The highest BCUT2D eigenvalue weighted by molar-refractivity contribution is 7.89. The van der Waals surface area contributed by atoms with E-state index in [1.807, 2.05) is 13.0 Å². The Bertz CT molecular complexity index is 838. The first-order valence-corrected chi connectivity index (χ1v) is 9.67. The molecule has 24 heavy (non-hydrogen) atoms. The fraction of sp³-hybridized carbons (Fsp3) is 0.438. The molecule has 0 bridgehead atoms. The molecule has 1 aromatic carbocycles. The van der Waals surface area contributed by atoms with Crippen LogP contribution in [0.25, 0.3) is 0 Å². The Labute approximate surface area is 145 Å². The van der Waals surface area contributed by atoms with E-state index in [-0.39, 0.29) is 16.0 Å². The Morgan fingerprint density at radius 1 is 1.42 bits per heavy atom. The van der Waals surface area contributed by atoms with Crippen LogP contribution >= 0.6 is 11.6 Å². The fourth-order valence-corrected chi connectivity index (χ4v) is 4.89. The van der Waals surface area contributed by atoms with Crippen molar-refractivity contribution in [2.45, 2.75) is 43.5 Å². The predicted molar refractivity (Wildman–Crippen MR) is 87.8 cm³/mol. The molecular formula is C16H18ClFN2O3S. The van der Waals surface area contributed by atoms with E-state index in [9.17, 15) is 12.8 Å². The summed E-state index contributed by atoms with van der Waals surface area (Å²) in [6, 6.07) is 4.90. The van der Waals surface area contributed by atoms with Crippen molar-refractivity contribution in [1.29, 1.82) is 0 Å². The summed E-state index contributed by atoms with van der Waals surface area (Å²) in [7, 11) is -3.78. The zero-order chi connectivity index (χ0) is 17.3. The van der Waals surface area contributed by atoms with Gasteiger partial charge in [-0.25, -0.2) is 12.8 Å². The zero-order valence-corrected chi connectivity index (χ0v) is 14.8. The van der Waals surface area contributed by atoms with Gasteiger partial charge >= 0.3 is 0 Å². The van der Waals surface area contributed by atoms with E-state index in [1.54, 1.807) is 0 Å². The first-order valence-electron chi connectivity index (χ1n) is 7.86. The minimum atomic E-state index is -3.78. The lowest BCUT2D eigenvalue weighted by Crippen LogP contribution is -2.30. The maximum atomic E-state index is 13.3. The van der Waals surface area contributed by atoms with E-state index in [0.29, 0.717) is 18.7 Å². The van der Waals surface area contributed by atoms with Gasteiger partial charge in [-0.1, -0.05) is 23.7 Å². The average Bonchev–Trinajstić information content (AvgIpc) is 3.19. The molecule has 5 nitrogen and oxygen atoms in total. The normalized spacial score (nSPS) is 19.0. The van der Waals surface area contributed by atoms with Gasteiger partial charge in [0.25, 0.3) is 0 Å². The molecule has 0 unspecified atom stereocenters. The van der Waals surface area contributed by atoms with Crippen LogP contribution in [0, 0.1) is 5.82 Å². The molecule has 2 aromatic rings. The van der Waals surface area contributed by atoms with Crippen LogP contribution in [0.4, 0.5) is 4.39 Å². The summed E-state index contributed by atoms with van der Waals surface area (Å²) in [6.45, 7) is 2.42. The summed E-state index contributed by atoms with van der Waals surface area (Å²) in [5, 5.41) is 3.83. The number of nitrogens with zero attached hydrogens (tertiary/aromatic N) is 2. The Balaban J connectivity index is 1.92. The molecule has 1 aromatic heterocycles. The quantitative estimate of drug-likeness (QED) is 0.797. The molecule has 130 valence electrons. The van der Waals surface area contributed by atoms with Crippen molar-refractivity contribution in [2.75, 3.05) is 6.54 Å². The third-order valence-corrected chi connectivity index (χ3v) is 6.31. The summed E-state index contributed by atoms with van der Waals surface area (Å²) in [5.41, 5.74) is 0.618. The van der Waals surface area contributed by atoms with Gasteiger partial charge in [0, 0.05) is 19.0 Å². The van der Waals surface area contributed by atoms with Crippen LogP contribution in [-0.4, -0.2) is 24.4 Å². The molecule has 1 aliphatic heterocycles. The Kier molecular flexibility index (Phi) is 4.94. The zero-order valence-electron chi connectivity index (χ0n) is 13.2. The molecule has 0 amide bonds. The van der Waals surface area contributed by atoms with Gasteiger partial charge < -0.3 is 4.52 Å². The largest absolute Gasteiger partial charge is 0.361 e.